The van der Waals surface area contributed by atoms with Crippen LogP contribution in [0.25, 0.3) is 0 Å². The fourth-order valence-electron chi connectivity index (χ4n) is 1.43. The highest BCUT2D eigenvalue weighted by Gasteiger charge is 2.13. The molecule has 1 aromatic rings. The predicted molar refractivity (Wildman–Crippen MR) is 62.8 cm³/mol. The molecule has 0 radical (unpaired) electrons. The van der Waals surface area contributed by atoms with E-state index in [1.165, 1.54) is 6.07 Å². The number of rotatable bonds is 5. The largest absolute Gasteiger partial charge is 0.396 e. The number of hydrogen-bond donors (Lipinski definition) is 2. The van der Waals surface area contributed by atoms with Crippen LogP contribution < -0.4 is 5.14 Å². The van der Waals surface area contributed by atoms with Crippen LogP contribution in [-0.2, 0) is 16.4 Å². The highest BCUT2D eigenvalue weighted by atomic mass is 35.5. The number of unbranched alkanes of at least 4 members (excludes halogenated alkanes) is 1. The Kier molecular flexibility index (Phi) is 4.73. The van der Waals surface area contributed by atoms with E-state index >= 15 is 0 Å². The third-order valence-electron chi connectivity index (χ3n) is 2.19. The molecule has 16 heavy (non-hydrogen) atoms. The van der Waals surface area contributed by atoms with Crippen molar-refractivity contribution in [1.29, 1.82) is 0 Å². The third kappa shape index (κ3) is 3.75. The van der Waals surface area contributed by atoms with Crippen molar-refractivity contribution in [2.75, 3.05) is 6.61 Å². The molecule has 0 atom stereocenters. The number of aryl methyl sites for hydroxylation is 1. The summed E-state index contributed by atoms with van der Waals surface area (Å²) in [7, 11) is -3.74. The molecule has 90 valence electrons. The van der Waals surface area contributed by atoms with Gasteiger partial charge in [-0.1, -0.05) is 17.7 Å². The van der Waals surface area contributed by atoms with Gasteiger partial charge in [0.2, 0.25) is 10.0 Å². The van der Waals surface area contributed by atoms with Crippen molar-refractivity contribution >= 4 is 21.6 Å². The Labute approximate surface area is 100 Å². The molecule has 0 bridgehead atoms. The lowest BCUT2D eigenvalue weighted by Gasteiger charge is -2.07. The number of primary sulfonamides is 1. The van der Waals surface area contributed by atoms with Gasteiger partial charge in [0.1, 0.15) is 0 Å². The first-order valence-corrected chi connectivity index (χ1v) is 6.79. The SMILES string of the molecule is NS(=O)(=O)c1cc(Cl)ccc1CCCCO. The summed E-state index contributed by atoms with van der Waals surface area (Å²) in [4.78, 5) is 0.0675. The molecule has 0 fully saturated rings. The fourth-order valence-corrected chi connectivity index (χ4v) is 2.49. The molecule has 6 heteroatoms. The second-order valence-electron chi connectivity index (χ2n) is 3.48. The molecule has 0 aliphatic rings. The van der Waals surface area contributed by atoms with Gasteiger partial charge < -0.3 is 5.11 Å². The zero-order chi connectivity index (χ0) is 12.2. The summed E-state index contributed by atoms with van der Waals surface area (Å²) in [5.41, 5.74) is 0.639. The van der Waals surface area contributed by atoms with E-state index in [9.17, 15) is 8.42 Å². The first-order chi connectivity index (χ1) is 7.45. The molecule has 0 heterocycles. The molecule has 0 saturated carbocycles. The summed E-state index contributed by atoms with van der Waals surface area (Å²) in [5.74, 6) is 0. The Morgan fingerprint density at radius 2 is 2.00 bits per heavy atom. The first kappa shape index (κ1) is 13.4. The molecule has 0 aromatic heterocycles. The molecule has 0 saturated heterocycles. The van der Waals surface area contributed by atoms with Gasteiger partial charge in [-0.2, -0.15) is 0 Å². The summed E-state index contributed by atoms with van der Waals surface area (Å²) in [5, 5.41) is 14.1. The number of sulfonamides is 1. The molecule has 0 amide bonds. The number of nitrogens with two attached hydrogens (primary N) is 1. The summed E-state index contributed by atoms with van der Waals surface area (Å²) in [6.45, 7) is 0.0955. The summed E-state index contributed by atoms with van der Waals surface area (Å²) in [6.07, 6.45) is 1.90. The predicted octanol–water partition coefficient (Wildman–Crippen LogP) is 1.30. The Morgan fingerprint density at radius 1 is 1.31 bits per heavy atom. The van der Waals surface area contributed by atoms with Gasteiger partial charge in [0.15, 0.2) is 0 Å². The van der Waals surface area contributed by atoms with Crippen molar-refractivity contribution in [3.63, 3.8) is 0 Å². The molecule has 1 aromatic carbocycles. The molecule has 1 rings (SSSR count). The lowest BCUT2D eigenvalue weighted by molar-refractivity contribution is 0.284. The zero-order valence-electron chi connectivity index (χ0n) is 8.69. The van der Waals surface area contributed by atoms with Gasteiger partial charge >= 0.3 is 0 Å². The van der Waals surface area contributed by atoms with Gasteiger partial charge in [-0.25, -0.2) is 13.6 Å². The van der Waals surface area contributed by atoms with E-state index in [4.69, 9.17) is 21.8 Å². The van der Waals surface area contributed by atoms with Crippen molar-refractivity contribution in [1.82, 2.24) is 0 Å². The Balaban J connectivity index is 2.99. The lowest BCUT2D eigenvalue weighted by atomic mass is 10.1. The van der Waals surface area contributed by atoms with Crippen LogP contribution in [0.3, 0.4) is 0 Å². The second kappa shape index (κ2) is 5.63. The van der Waals surface area contributed by atoms with Crippen LogP contribution in [0, 0.1) is 0 Å². The topological polar surface area (TPSA) is 80.4 Å². The van der Waals surface area contributed by atoms with E-state index in [1.54, 1.807) is 12.1 Å². The maximum absolute atomic E-state index is 11.3. The fraction of sp³-hybridized carbons (Fsp3) is 0.400. The van der Waals surface area contributed by atoms with E-state index in [2.05, 4.69) is 0 Å². The van der Waals surface area contributed by atoms with Crippen LogP contribution in [0.1, 0.15) is 18.4 Å². The smallest absolute Gasteiger partial charge is 0.238 e. The molecular weight excluding hydrogens is 250 g/mol. The third-order valence-corrected chi connectivity index (χ3v) is 3.42. The normalized spacial score (nSPS) is 11.7. The molecular formula is C10H14ClNO3S. The first-order valence-electron chi connectivity index (χ1n) is 4.87. The van der Waals surface area contributed by atoms with Crippen LogP contribution in [0.15, 0.2) is 23.1 Å². The summed E-state index contributed by atoms with van der Waals surface area (Å²) >= 11 is 5.72. The minimum absolute atomic E-state index is 0.0675. The van der Waals surface area contributed by atoms with Gasteiger partial charge in [-0.15, -0.1) is 0 Å². The number of aliphatic hydroxyl groups excluding tert-OH is 1. The lowest BCUT2D eigenvalue weighted by Crippen LogP contribution is -2.14. The standard InChI is InChI=1S/C10H14ClNO3S/c11-9-5-4-8(3-1-2-6-13)10(7-9)16(12,14)15/h4-5,7,13H,1-3,6H2,(H2,12,14,15). The van der Waals surface area contributed by atoms with Crippen molar-refractivity contribution in [3.05, 3.63) is 28.8 Å². The minimum Gasteiger partial charge on any atom is -0.396 e. The molecule has 4 nitrogen and oxygen atoms in total. The maximum Gasteiger partial charge on any atom is 0.238 e. The highest BCUT2D eigenvalue weighted by molar-refractivity contribution is 7.89. The second-order valence-corrected chi connectivity index (χ2v) is 5.44. The Bertz CT molecular complexity index is 459. The van der Waals surface area contributed by atoms with E-state index < -0.39 is 10.0 Å². The maximum atomic E-state index is 11.3. The molecule has 0 unspecified atom stereocenters. The van der Waals surface area contributed by atoms with Crippen molar-refractivity contribution in [3.8, 4) is 0 Å². The number of benzene rings is 1. The zero-order valence-corrected chi connectivity index (χ0v) is 10.3. The number of halogens is 1. The van der Waals surface area contributed by atoms with Crippen molar-refractivity contribution < 1.29 is 13.5 Å². The Morgan fingerprint density at radius 3 is 2.56 bits per heavy atom. The summed E-state index contributed by atoms with van der Waals surface area (Å²) < 4.78 is 22.6. The van der Waals surface area contributed by atoms with Crippen LogP contribution in [0.4, 0.5) is 0 Å². The van der Waals surface area contributed by atoms with Gasteiger partial charge in [0.05, 0.1) is 4.90 Å². The van der Waals surface area contributed by atoms with E-state index in [0.29, 0.717) is 29.8 Å². The molecule has 3 N–H and O–H groups in total. The molecule has 0 spiro atoms. The summed E-state index contributed by atoms with van der Waals surface area (Å²) in [6, 6.07) is 4.63. The quantitative estimate of drug-likeness (QED) is 0.786. The van der Waals surface area contributed by atoms with Crippen LogP contribution in [-0.4, -0.2) is 20.1 Å². The van der Waals surface area contributed by atoms with Gasteiger partial charge in [-0.3, -0.25) is 0 Å². The van der Waals surface area contributed by atoms with Gasteiger partial charge in [-0.05, 0) is 37.0 Å². The monoisotopic (exact) mass is 263 g/mol. The van der Waals surface area contributed by atoms with Crippen LogP contribution >= 0.6 is 11.6 Å². The van der Waals surface area contributed by atoms with Crippen molar-refractivity contribution in [2.45, 2.75) is 24.2 Å². The number of aliphatic hydroxyl groups is 1. The van der Waals surface area contributed by atoms with Gasteiger partial charge in [0, 0.05) is 11.6 Å². The number of hydrogen-bond acceptors (Lipinski definition) is 3. The average molecular weight is 264 g/mol. The van der Waals surface area contributed by atoms with E-state index in [-0.39, 0.29) is 11.5 Å². The molecule has 0 aliphatic heterocycles. The van der Waals surface area contributed by atoms with Crippen LogP contribution in [0.2, 0.25) is 5.02 Å². The van der Waals surface area contributed by atoms with E-state index in [0.717, 1.165) is 0 Å². The highest BCUT2D eigenvalue weighted by Crippen LogP contribution is 2.21. The van der Waals surface area contributed by atoms with E-state index in [1.807, 2.05) is 0 Å². The Hall–Kier alpha value is -0.620. The van der Waals surface area contributed by atoms with Gasteiger partial charge in [0.25, 0.3) is 0 Å². The average Bonchev–Trinajstić information content (AvgIpc) is 2.19. The van der Waals surface area contributed by atoms with Crippen molar-refractivity contribution in [2.24, 2.45) is 5.14 Å². The molecule has 0 aliphatic carbocycles. The minimum atomic E-state index is -3.74. The van der Waals surface area contributed by atoms with Crippen LogP contribution in [0.5, 0.6) is 0 Å².